The largest absolute Gasteiger partial charge is 0.504 e. The van der Waals surface area contributed by atoms with Crippen LogP contribution in [0.3, 0.4) is 0 Å². The molecule has 4 rings (SSSR count). The van der Waals surface area contributed by atoms with Crippen LogP contribution in [-0.4, -0.2) is 24.7 Å². The minimum Gasteiger partial charge on any atom is -0.504 e. The lowest BCUT2D eigenvalue weighted by Crippen LogP contribution is -2.26. The molecule has 2 aliphatic carbocycles. The van der Waals surface area contributed by atoms with Crippen LogP contribution in [0.1, 0.15) is 0 Å². The number of nitrogens with zero attached hydrogens (tertiary/aromatic N) is 3. The number of nitrogens with one attached hydrogen (secondary N) is 1. The molecular weight excluding hydrogens is 310 g/mol. The monoisotopic (exact) mass is 325 g/mol. The molecule has 0 fully saturated rings. The van der Waals surface area contributed by atoms with Crippen LogP contribution in [0.2, 0.25) is 0 Å². The first-order valence-corrected chi connectivity index (χ1v) is 7.04. The number of phenols is 2. The fourth-order valence-electron chi connectivity index (χ4n) is 2.10. The van der Waals surface area contributed by atoms with Crippen LogP contribution in [0.15, 0.2) is 47.3 Å². The van der Waals surface area contributed by atoms with Crippen molar-refractivity contribution in [3.05, 3.63) is 52.9 Å². The van der Waals surface area contributed by atoms with E-state index in [4.69, 9.17) is 5.84 Å². The SMILES string of the molecule is Cn1c(-c2ccc(O)c(O)c2)nc(NN)nc1=O.c1cc2ccc1-2. The maximum Gasteiger partial charge on any atom is 0.352 e. The fourth-order valence-corrected chi connectivity index (χ4v) is 2.10. The van der Waals surface area contributed by atoms with Crippen molar-refractivity contribution in [2.24, 2.45) is 12.9 Å². The van der Waals surface area contributed by atoms with Gasteiger partial charge in [0.25, 0.3) is 0 Å². The predicted molar refractivity (Wildman–Crippen MR) is 89.3 cm³/mol. The number of hydrazine groups is 1. The molecule has 0 saturated heterocycles. The van der Waals surface area contributed by atoms with Gasteiger partial charge in [-0.05, 0) is 29.3 Å². The normalized spacial score (nSPS) is 10.6. The van der Waals surface area contributed by atoms with Crippen molar-refractivity contribution in [3.8, 4) is 34.0 Å². The Bertz CT molecular complexity index is 930. The summed E-state index contributed by atoms with van der Waals surface area (Å²) in [5.41, 5.74) is 4.94. The Balaban J connectivity index is 0.000000231. The first-order valence-electron chi connectivity index (χ1n) is 7.04. The molecule has 0 spiro atoms. The van der Waals surface area contributed by atoms with Crippen LogP contribution in [0.25, 0.3) is 22.5 Å². The molecule has 1 aromatic carbocycles. The van der Waals surface area contributed by atoms with Crippen LogP contribution in [0.5, 0.6) is 11.5 Å². The van der Waals surface area contributed by atoms with E-state index < -0.39 is 5.69 Å². The summed E-state index contributed by atoms with van der Waals surface area (Å²) in [6.45, 7) is 0. The Kier molecular flexibility index (Phi) is 3.88. The van der Waals surface area contributed by atoms with Crippen LogP contribution in [0.4, 0.5) is 5.95 Å². The number of nitrogen functional groups attached to an aromatic ring is 1. The second-order valence-corrected chi connectivity index (χ2v) is 5.14. The lowest BCUT2D eigenvalue weighted by molar-refractivity contribution is 0.404. The molecule has 5 N–H and O–H groups in total. The summed E-state index contributed by atoms with van der Waals surface area (Å²) in [7, 11) is 1.49. The molecule has 0 aliphatic heterocycles. The Morgan fingerprint density at radius 3 is 2.00 bits per heavy atom. The number of aromatic hydroxyl groups is 2. The van der Waals surface area contributed by atoms with Gasteiger partial charge in [0.15, 0.2) is 11.5 Å². The van der Waals surface area contributed by atoms with E-state index in [1.807, 2.05) is 0 Å². The maximum atomic E-state index is 11.5. The van der Waals surface area contributed by atoms with Gasteiger partial charge in [-0.25, -0.2) is 10.6 Å². The summed E-state index contributed by atoms with van der Waals surface area (Å²) >= 11 is 0. The maximum absolute atomic E-state index is 11.5. The van der Waals surface area contributed by atoms with Crippen molar-refractivity contribution in [2.45, 2.75) is 0 Å². The highest BCUT2D eigenvalue weighted by molar-refractivity contribution is 5.75. The minimum absolute atomic E-state index is 0.0272. The first kappa shape index (κ1) is 15.5. The summed E-state index contributed by atoms with van der Waals surface area (Å²) in [4.78, 5) is 19.1. The van der Waals surface area contributed by atoms with Gasteiger partial charge in [0.05, 0.1) is 0 Å². The van der Waals surface area contributed by atoms with E-state index in [0.29, 0.717) is 5.56 Å². The standard InChI is InChI=1S/C10H11N5O3.C6H4/c1-15-8(12-9(14-11)13-10(15)18)5-2-3-6(16)7(17)4-5;1-2-6-4-3-5(1)6/h2-4,16-17H,11H2,1H3,(H,13,14,18);1-4H. The van der Waals surface area contributed by atoms with E-state index in [1.54, 1.807) is 0 Å². The Morgan fingerprint density at radius 2 is 1.54 bits per heavy atom. The molecule has 0 atom stereocenters. The van der Waals surface area contributed by atoms with Crippen molar-refractivity contribution in [1.29, 1.82) is 0 Å². The summed E-state index contributed by atoms with van der Waals surface area (Å²) in [6, 6.07) is 12.6. The molecule has 122 valence electrons. The average molecular weight is 325 g/mol. The number of rotatable bonds is 2. The van der Waals surface area contributed by atoms with Crippen LogP contribution in [0, 0.1) is 0 Å². The molecule has 1 aromatic heterocycles. The zero-order valence-corrected chi connectivity index (χ0v) is 12.8. The van der Waals surface area contributed by atoms with E-state index >= 15 is 0 Å². The molecule has 0 amide bonds. The number of nitrogens with two attached hydrogens (primary N) is 1. The van der Waals surface area contributed by atoms with Crippen molar-refractivity contribution in [3.63, 3.8) is 0 Å². The predicted octanol–water partition coefficient (Wildman–Crippen LogP) is 1.21. The fraction of sp³-hybridized carbons (Fsp3) is 0.0625. The molecule has 0 radical (unpaired) electrons. The van der Waals surface area contributed by atoms with E-state index in [0.717, 1.165) is 0 Å². The van der Waals surface area contributed by atoms with Gasteiger partial charge in [0.2, 0.25) is 5.95 Å². The third-order valence-corrected chi connectivity index (χ3v) is 3.60. The quantitative estimate of drug-likeness (QED) is 0.248. The zero-order valence-electron chi connectivity index (χ0n) is 12.8. The second-order valence-electron chi connectivity index (χ2n) is 5.14. The molecule has 2 aromatic rings. The van der Waals surface area contributed by atoms with Crippen LogP contribution < -0.4 is 17.0 Å². The smallest absolute Gasteiger partial charge is 0.352 e. The van der Waals surface area contributed by atoms with Gasteiger partial charge in [-0.3, -0.25) is 9.99 Å². The lowest BCUT2D eigenvalue weighted by Gasteiger charge is -2.10. The van der Waals surface area contributed by atoms with Gasteiger partial charge < -0.3 is 10.2 Å². The number of aromatic nitrogens is 3. The molecule has 0 unspecified atom stereocenters. The molecule has 8 heteroatoms. The van der Waals surface area contributed by atoms with E-state index in [1.165, 1.54) is 40.9 Å². The third-order valence-electron chi connectivity index (χ3n) is 3.60. The molecule has 1 heterocycles. The van der Waals surface area contributed by atoms with Gasteiger partial charge in [-0.1, -0.05) is 24.3 Å². The highest BCUT2D eigenvalue weighted by Crippen LogP contribution is 2.30. The van der Waals surface area contributed by atoms with Gasteiger partial charge >= 0.3 is 5.69 Å². The number of benzene rings is 2. The van der Waals surface area contributed by atoms with Crippen LogP contribution >= 0.6 is 0 Å². The van der Waals surface area contributed by atoms with Crippen molar-refractivity contribution >= 4 is 5.95 Å². The number of hydrogen-bond donors (Lipinski definition) is 4. The van der Waals surface area contributed by atoms with Crippen molar-refractivity contribution in [2.75, 3.05) is 5.43 Å². The molecule has 8 nitrogen and oxygen atoms in total. The molecule has 2 aliphatic rings. The van der Waals surface area contributed by atoms with E-state index in [2.05, 4.69) is 39.7 Å². The van der Waals surface area contributed by atoms with Crippen LogP contribution in [-0.2, 0) is 7.05 Å². The molecule has 0 saturated carbocycles. The highest BCUT2D eigenvalue weighted by Gasteiger charge is 2.11. The molecule has 24 heavy (non-hydrogen) atoms. The molecular formula is C16H15N5O3. The number of hydrogen-bond acceptors (Lipinski definition) is 7. The number of anilines is 1. The summed E-state index contributed by atoms with van der Waals surface area (Å²) in [5.74, 6) is 4.83. The van der Waals surface area contributed by atoms with Gasteiger partial charge in [-0.2, -0.15) is 9.97 Å². The van der Waals surface area contributed by atoms with E-state index in [-0.39, 0.29) is 23.3 Å². The zero-order chi connectivity index (χ0) is 17.3. The average Bonchev–Trinajstić information content (AvgIpc) is 2.56. The Morgan fingerprint density at radius 1 is 0.958 bits per heavy atom. The van der Waals surface area contributed by atoms with Gasteiger partial charge in [0, 0.05) is 12.6 Å². The highest BCUT2D eigenvalue weighted by atomic mass is 16.3. The number of phenolic OH excluding ortho intramolecular Hbond substituents is 2. The van der Waals surface area contributed by atoms with E-state index in [9.17, 15) is 15.0 Å². The van der Waals surface area contributed by atoms with Gasteiger partial charge in [0.1, 0.15) is 5.82 Å². The third kappa shape index (κ3) is 2.77. The lowest BCUT2D eigenvalue weighted by atomic mass is 9.95. The topological polar surface area (TPSA) is 126 Å². The molecule has 0 bridgehead atoms. The van der Waals surface area contributed by atoms with Crippen molar-refractivity contribution in [1.82, 2.24) is 14.5 Å². The van der Waals surface area contributed by atoms with Gasteiger partial charge in [-0.15, -0.1) is 0 Å². The Labute approximate surface area is 136 Å². The first-order chi connectivity index (χ1) is 11.5. The second kappa shape index (κ2) is 6.01. The number of fused-ring (bicyclic) bond motifs is 1. The summed E-state index contributed by atoms with van der Waals surface area (Å²) in [6.07, 6.45) is 0. The van der Waals surface area contributed by atoms with Crippen molar-refractivity contribution < 1.29 is 10.2 Å². The summed E-state index contributed by atoms with van der Waals surface area (Å²) in [5, 5.41) is 18.7. The minimum atomic E-state index is -0.541. The Hall–Kier alpha value is -3.39. The summed E-state index contributed by atoms with van der Waals surface area (Å²) < 4.78 is 1.20.